The number of thiophene rings is 1. The molecule has 4 aromatic carbocycles. The molecule has 4 saturated carbocycles. The molecule has 5 aliphatic carbocycles. The molecule has 0 amide bonds. The van der Waals surface area contributed by atoms with Crippen LogP contribution in [0.25, 0.3) is 59.2 Å². The van der Waals surface area contributed by atoms with Crippen LogP contribution in [0.5, 0.6) is 0 Å². The van der Waals surface area contributed by atoms with Gasteiger partial charge in [0, 0.05) is 21.1 Å². The number of fused-ring (bicyclic) bond motifs is 7. The molecule has 0 atom stereocenters. The Kier molecular flexibility index (Phi) is 5.73. The van der Waals surface area contributed by atoms with E-state index in [4.69, 9.17) is 9.97 Å². The van der Waals surface area contributed by atoms with Gasteiger partial charge in [-0.2, -0.15) is 0 Å². The van der Waals surface area contributed by atoms with Crippen LogP contribution in [0.15, 0.2) is 110 Å². The summed E-state index contributed by atoms with van der Waals surface area (Å²) in [6.07, 6.45) is 15.2. The first-order chi connectivity index (χ1) is 22.6. The van der Waals surface area contributed by atoms with Gasteiger partial charge in [-0.25, -0.2) is 9.97 Å². The minimum atomic E-state index is 0.126. The van der Waals surface area contributed by atoms with Crippen molar-refractivity contribution in [3.8, 4) is 22.4 Å². The Labute approximate surface area is 274 Å². The highest BCUT2D eigenvalue weighted by molar-refractivity contribution is 7.25. The third-order valence-corrected chi connectivity index (χ3v) is 13.0. The third-order valence-electron chi connectivity index (χ3n) is 11.9. The fraction of sp³-hybridized carbons (Fsp3) is 0.256. The average Bonchev–Trinajstić information content (AvgIpc) is 3.58. The smallest absolute Gasteiger partial charge is 0.143 e. The zero-order valence-corrected chi connectivity index (χ0v) is 27.0. The van der Waals surface area contributed by atoms with E-state index < -0.39 is 0 Å². The first-order valence-electron chi connectivity index (χ1n) is 17.0. The predicted molar refractivity (Wildman–Crippen MR) is 194 cm³/mol. The molecular formula is C43H36N2S. The molecule has 224 valence electrons. The molecule has 0 radical (unpaired) electrons. The number of allylic oxidation sites excluding steroid dienone is 5. The van der Waals surface area contributed by atoms with Gasteiger partial charge in [-0.1, -0.05) is 85.5 Å². The molecule has 0 saturated heterocycles. The molecule has 6 aromatic rings. The first-order valence-corrected chi connectivity index (χ1v) is 17.8. The van der Waals surface area contributed by atoms with Gasteiger partial charge in [-0.3, -0.25) is 0 Å². The van der Waals surface area contributed by atoms with Gasteiger partial charge in [0.25, 0.3) is 0 Å². The van der Waals surface area contributed by atoms with Crippen LogP contribution in [0, 0.1) is 23.7 Å². The van der Waals surface area contributed by atoms with Crippen LogP contribution in [0.3, 0.4) is 0 Å². The number of nitrogens with zero attached hydrogens (tertiary/aromatic N) is 2. The molecule has 0 aliphatic heterocycles. The van der Waals surface area contributed by atoms with Crippen LogP contribution < -0.4 is 0 Å². The van der Waals surface area contributed by atoms with Crippen LogP contribution in [-0.4, -0.2) is 9.97 Å². The fourth-order valence-corrected chi connectivity index (χ4v) is 11.4. The normalized spacial score (nSPS) is 25.9. The number of hydrogen-bond acceptors (Lipinski definition) is 3. The maximum absolute atomic E-state index is 5.43. The van der Waals surface area contributed by atoms with Gasteiger partial charge in [-0.05, 0) is 126 Å². The summed E-state index contributed by atoms with van der Waals surface area (Å²) in [5.41, 5.74) is 10.9. The molecule has 4 fully saturated rings. The van der Waals surface area contributed by atoms with E-state index >= 15 is 0 Å². The first kappa shape index (κ1) is 26.8. The lowest BCUT2D eigenvalue weighted by atomic mass is 9.43. The standard InChI is InChI=1S/C43H36N2S/c1-3-4-5-10-25(2)39-40(44-41-33-13-8-9-14-38(33)46-42(41)45-39)30-15-16-36-34(23-30)35-22-28-11-6-7-12-29(28)24-37(35)43(36)31-18-26-17-27(20-31)21-32(43)19-26/h3-16,22-24,26-27,31-32H,2,17-21H2,1H3/b4-3-,10-5-. The van der Waals surface area contributed by atoms with Crippen molar-refractivity contribution in [3.05, 3.63) is 127 Å². The minimum absolute atomic E-state index is 0.126. The molecule has 2 heterocycles. The Bertz CT molecular complexity index is 2290. The maximum atomic E-state index is 5.43. The quantitative estimate of drug-likeness (QED) is 0.185. The van der Waals surface area contributed by atoms with Gasteiger partial charge in [0.15, 0.2) is 0 Å². The van der Waals surface area contributed by atoms with E-state index in [-0.39, 0.29) is 5.41 Å². The molecule has 4 bridgehead atoms. The lowest BCUT2D eigenvalue weighted by Gasteiger charge is -2.61. The molecular weight excluding hydrogens is 577 g/mol. The Morgan fingerprint density at radius 1 is 0.783 bits per heavy atom. The summed E-state index contributed by atoms with van der Waals surface area (Å²) in [4.78, 5) is 11.7. The second kappa shape index (κ2) is 9.83. The molecule has 1 spiro atoms. The third kappa shape index (κ3) is 3.64. The van der Waals surface area contributed by atoms with Crippen molar-refractivity contribution in [2.75, 3.05) is 0 Å². The van der Waals surface area contributed by atoms with Crippen molar-refractivity contribution in [2.45, 2.75) is 44.4 Å². The van der Waals surface area contributed by atoms with Crippen molar-refractivity contribution >= 4 is 48.1 Å². The fourth-order valence-electron chi connectivity index (χ4n) is 10.3. The van der Waals surface area contributed by atoms with Gasteiger partial charge < -0.3 is 0 Å². The summed E-state index contributed by atoms with van der Waals surface area (Å²) in [5, 5.41) is 3.87. The van der Waals surface area contributed by atoms with Crippen molar-refractivity contribution < 1.29 is 0 Å². The van der Waals surface area contributed by atoms with Gasteiger partial charge in [0.1, 0.15) is 10.3 Å². The highest BCUT2D eigenvalue weighted by atomic mass is 32.1. The predicted octanol–water partition coefficient (Wildman–Crippen LogP) is 11.5. The second-order valence-corrected chi connectivity index (χ2v) is 15.3. The van der Waals surface area contributed by atoms with Crippen LogP contribution in [0.4, 0.5) is 0 Å². The van der Waals surface area contributed by atoms with E-state index in [9.17, 15) is 0 Å². The van der Waals surface area contributed by atoms with Gasteiger partial charge in [0.05, 0.1) is 11.4 Å². The second-order valence-electron chi connectivity index (χ2n) is 14.3. The zero-order chi connectivity index (χ0) is 30.6. The molecule has 46 heavy (non-hydrogen) atoms. The number of rotatable bonds is 4. The molecule has 0 unspecified atom stereocenters. The van der Waals surface area contributed by atoms with Crippen molar-refractivity contribution in [1.82, 2.24) is 9.97 Å². The highest BCUT2D eigenvalue weighted by Gasteiger charge is 2.61. The highest BCUT2D eigenvalue weighted by Crippen LogP contribution is 2.69. The van der Waals surface area contributed by atoms with Crippen molar-refractivity contribution in [2.24, 2.45) is 23.7 Å². The lowest BCUT2D eigenvalue weighted by Crippen LogP contribution is -2.55. The zero-order valence-electron chi connectivity index (χ0n) is 26.2. The molecule has 11 rings (SSSR count). The Morgan fingerprint density at radius 2 is 1.50 bits per heavy atom. The average molecular weight is 613 g/mol. The van der Waals surface area contributed by atoms with Crippen LogP contribution in [0.2, 0.25) is 0 Å². The van der Waals surface area contributed by atoms with Crippen LogP contribution in [-0.2, 0) is 5.41 Å². The van der Waals surface area contributed by atoms with Gasteiger partial charge in [-0.15, -0.1) is 11.3 Å². The topological polar surface area (TPSA) is 25.8 Å². The molecule has 3 heteroatoms. The van der Waals surface area contributed by atoms with Gasteiger partial charge in [0.2, 0.25) is 0 Å². The summed E-state index contributed by atoms with van der Waals surface area (Å²) < 4.78 is 1.22. The SMILES string of the molecule is C=C(/C=C\C=C/C)c1nc2sc3ccccc3c2nc1-c1ccc2c(c1)-c1cc3ccccc3cc1C21C2CC3CC(C2)CC1C3. The number of hydrogen-bond donors (Lipinski definition) is 0. The number of benzene rings is 4. The summed E-state index contributed by atoms with van der Waals surface area (Å²) in [7, 11) is 0. The molecule has 5 aliphatic rings. The molecule has 2 nitrogen and oxygen atoms in total. The van der Waals surface area contributed by atoms with E-state index in [1.807, 2.05) is 25.2 Å². The van der Waals surface area contributed by atoms with E-state index in [0.717, 1.165) is 56.5 Å². The van der Waals surface area contributed by atoms with Crippen molar-refractivity contribution in [1.29, 1.82) is 0 Å². The van der Waals surface area contributed by atoms with Crippen LogP contribution >= 0.6 is 11.3 Å². The Morgan fingerprint density at radius 3 is 2.28 bits per heavy atom. The van der Waals surface area contributed by atoms with Gasteiger partial charge >= 0.3 is 0 Å². The van der Waals surface area contributed by atoms with E-state index in [1.54, 1.807) is 22.5 Å². The minimum Gasteiger partial charge on any atom is -0.242 e. The molecule has 0 N–H and O–H groups in total. The Hall–Kier alpha value is -4.34. The Balaban J connectivity index is 1.23. The lowest BCUT2D eigenvalue weighted by molar-refractivity contribution is -0.0398. The summed E-state index contributed by atoms with van der Waals surface area (Å²) in [6, 6.07) is 29.9. The van der Waals surface area contributed by atoms with E-state index in [1.165, 1.54) is 64.1 Å². The number of aromatic nitrogens is 2. The molecule has 2 aromatic heterocycles. The van der Waals surface area contributed by atoms with E-state index in [2.05, 4.69) is 91.5 Å². The van der Waals surface area contributed by atoms with Crippen molar-refractivity contribution in [3.63, 3.8) is 0 Å². The summed E-state index contributed by atoms with van der Waals surface area (Å²) in [5.74, 6) is 3.31. The monoisotopic (exact) mass is 612 g/mol. The summed E-state index contributed by atoms with van der Waals surface area (Å²) >= 11 is 1.71. The van der Waals surface area contributed by atoms with Crippen LogP contribution in [0.1, 0.15) is 55.8 Å². The van der Waals surface area contributed by atoms with E-state index in [0.29, 0.717) is 0 Å². The maximum Gasteiger partial charge on any atom is 0.143 e. The largest absolute Gasteiger partial charge is 0.242 e. The summed E-state index contributed by atoms with van der Waals surface area (Å²) in [6.45, 7) is 6.52.